The summed E-state index contributed by atoms with van der Waals surface area (Å²) in [5.74, 6) is -2.59. The molecule has 1 aliphatic rings. The van der Waals surface area contributed by atoms with Crippen LogP contribution in [0, 0.1) is 0 Å². The van der Waals surface area contributed by atoms with E-state index in [-0.39, 0.29) is 6.29 Å². The molecule has 0 aromatic rings. The van der Waals surface area contributed by atoms with Gasteiger partial charge in [0.1, 0.15) is 6.29 Å². The van der Waals surface area contributed by atoms with Gasteiger partial charge in [-0.2, -0.15) is 9.61 Å². The Balaban J connectivity index is 2.84. The topological polar surface area (TPSA) is 129 Å². The van der Waals surface area contributed by atoms with E-state index in [2.05, 4.69) is 19.4 Å². The predicted octanol–water partition coefficient (Wildman–Crippen LogP) is -2.36. The van der Waals surface area contributed by atoms with E-state index in [4.69, 9.17) is 5.02 Å². The van der Waals surface area contributed by atoms with Gasteiger partial charge in [-0.1, -0.05) is 0 Å². The second-order valence-corrected chi connectivity index (χ2v) is 2.90. The lowest BCUT2D eigenvalue weighted by atomic mass is 9.97. The predicted molar refractivity (Wildman–Crippen MR) is 42.6 cm³/mol. The molecular weight excluding hydrogens is 227 g/mol. The van der Waals surface area contributed by atoms with Gasteiger partial charge in [0.2, 0.25) is 0 Å². The quantitative estimate of drug-likeness (QED) is 0.306. The molecule has 0 radical (unpaired) electrons. The van der Waals surface area contributed by atoms with Gasteiger partial charge in [-0.15, -0.1) is 0 Å². The number of aldehydes is 1. The van der Waals surface area contributed by atoms with Crippen LogP contribution in [0.3, 0.4) is 0 Å². The summed E-state index contributed by atoms with van der Waals surface area (Å²) in [7, 11) is -2.13. The monoisotopic (exact) mass is 234 g/mol. The van der Waals surface area contributed by atoms with E-state index < -0.39 is 37.7 Å². The van der Waals surface area contributed by atoms with Crippen LogP contribution < -0.4 is 0 Å². The van der Waals surface area contributed by atoms with Gasteiger partial charge in [-0.3, -0.25) is 0 Å². The second kappa shape index (κ2) is 5.03. The van der Waals surface area contributed by atoms with E-state index in [0.717, 1.165) is 0 Å². The minimum atomic E-state index is -2.41. The van der Waals surface area contributed by atoms with Crippen molar-refractivity contribution in [2.24, 2.45) is 0 Å². The van der Waals surface area contributed by atoms with E-state index in [0.29, 0.717) is 0 Å². The summed E-state index contributed by atoms with van der Waals surface area (Å²) in [4.78, 5) is 48.1. The summed E-state index contributed by atoms with van der Waals surface area (Å²) in [5.41, 5.74) is -2.41. The molecular formula is C6H7BO9. The molecule has 1 heterocycles. The van der Waals surface area contributed by atoms with E-state index >= 15 is 0 Å². The summed E-state index contributed by atoms with van der Waals surface area (Å²) in [6, 6.07) is 0. The van der Waals surface area contributed by atoms with E-state index in [9.17, 15) is 19.5 Å². The molecule has 2 N–H and O–H groups in total. The highest BCUT2D eigenvalue weighted by atomic mass is 17.3. The molecule has 0 amide bonds. The van der Waals surface area contributed by atoms with Crippen LogP contribution >= 0.6 is 0 Å². The summed E-state index contributed by atoms with van der Waals surface area (Å²) in [6.07, 6.45) is -1.36. The Morgan fingerprint density at radius 2 is 2.00 bits per heavy atom. The Morgan fingerprint density at radius 1 is 1.38 bits per heavy atom. The molecule has 16 heavy (non-hydrogen) atoms. The number of aliphatic hydroxyl groups is 1. The maximum absolute atomic E-state index is 11.2. The zero-order valence-corrected chi connectivity index (χ0v) is 7.82. The molecule has 0 bridgehead atoms. The average molecular weight is 234 g/mol. The number of carbonyl (C=O) groups excluding carboxylic acids is 3. The van der Waals surface area contributed by atoms with Crippen LogP contribution in [0.1, 0.15) is 12.8 Å². The van der Waals surface area contributed by atoms with Crippen molar-refractivity contribution in [1.29, 1.82) is 0 Å². The third-order valence-electron chi connectivity index (χ3n) is 1.67. The summed E-state index contributed by atoms with van der Waals surface area (Å²) < 4.78 is 0. The Morgan fingerprint density at radius 3 is 2.62 bits per heavy atom. The fourth-order valence-corrected chi connectivity index (χ4v) is 0.907. The first-order valence-electron chi connectivity index (χ1n) is 4.06. The van der Waals surface area contributed by atoms with Gasteiger partial charge >= 0.3 is 19.3 Å². The van der Waals surface area contributed by atoms with Crippen LogP contribution in [-0.4, -0.2) is 41.3 Å². The van der Waals surface area contributed by atoms with Gasteiger partial charge in [0.25, 0.3) is 0 Å². The van der Waals surface area contributed by atoms with E-state index in [1.165, 1.54) is 0 Å². The highest BCUT2D eigenvalue weighted by Crippen LogP contribution is 2.19. The zero-order valence-electron chi connectivity index (χ0n) is 7.82. The van der Waals surface area contributed by atoms with Crippen molar-refractivity contribution >= 4 is 25.5 Å². The standard InChI is InChI=1S/C6H7BO9/c8-2-1-6(11)3-4(9)13-15-7(12)16-14-5(6)10/h2,11-12H,1,3H2. The minimum Gasteiger partial charge on any atom is -0.398 e. The molecule has 10 heteroatoms. The number of hydrogen-bond donors (Lipinski definition) is 2. The van der Waals surface area contributed by atoms with Crippen LogP contribution in [-0.2, 0) is 33.8 Å². The van der Waals surface area contributed by atoms with Crippen LogP contribution in [0.5, 0.6) is 0 Å². The first-order valence-corrected chi connectivity index (χ1v) is 4.06. The Hall–Kier alpha value is -1.49. The second-order valence-electron chi connectivity index (χ2n) is 2.90. The first-order chi connectivity index (χ1) is 7.48. The molecule has 1 rings (SSSR count). The maximum atomic E-state index is 11.2. The largest absolute Gasteiger partial charge is 0.713 e. The first kappa shape index (κ1) is 12.6. The molecule has 1 fully saturated rings. The van der Waals surface area contributed by atoms with Crippen LogP contribution in [0.25, 0.3) is 0 Å². The summed E-state index contributed by atoms with van der Waals surface area (Å²) >= 11 is 0. The summed E-state index contributed by atoms with van der Waals surface area (Å²) in [5, 5.41) is 18.3. The third-order valence-corrected chi connectivity index (χ3v) is 1.67. The smallest absolute Gasteiger partial charge is 0.398 e. The van der Waals surface area contributed by atoms with Crippen LogP contribution in [0.4, 0.5) is 0 Å². The molecule has 1 unspecified atom stereocenters. The highest BCUT2D eigenvalue weighted by molar-refractivity contribution is 6.34. The zero-order chi connectivity index (χ0) is 12.2. The molecule has 0 spiro atoms. The third kappa shape index (κ3) is 3.00. The van der Waals surface area contributed by atoms with Crippen molar-refractivity contribution in [3.63, 3.8) is 0 Å². The van der Waals surface area contributed by atoms with Crippen molar-refractivity contribution in [1.82, 2.24) is 0 Å². The fraction of sp³-hybridized carbons (Fsp3) is 0.500. The van der Waals surface area contributed by atoms with Gasteiger partial charge < -0.3 is 24.7 Å². The average Bonchev–Trinajstić information content (AvgIpc) is 2.25. The molecule has 1 saturated heterocycles. The van der Waals surface area contributed by atoms with Gasteiger partial charge in [0.15, 0.2) is 5.60 Å². The lowest BCUT2D eigenvalue weighted by Crippen LogP contribution is -2.42. The maximum Gasteiger partial charge on any atom is 0.713 e. The fourth-order valence-electron chi connectivity index (χ4n) is 0.907. The van der Waals surface area contributed by atoms with Gasteiger partial charge in [0.05, 0.1) is 6.42 Å². The van der Waals surface area contributed by atoms with Crippen molar-refractivity contribution in [3.8, 4) is 0 Å². The molecule has 0 aliphatic carbocycles. The normalized spacial score (nSPS) is 27.2. The van der Waals surface area contributed by atoms with Gasteiger partial charge in [-0.25, -0.2) is 9.59 Å². The minimum absolute atomic E-state index is 0.212. The van der Waals surface area contributed by atoms with Crippen LogP contribution in [0.2, 0.25) is 0 Å². The highest BCUT2D eigenvalue weighted by Gasteiger charge is 2.44. The number of hydrogen-bond acceptors (Lipinski definition) is 9. The van der Waals surface area contributed by atoms with Crippen molar-refractivity contribution in [2.75, 3.05) is 0 Å². The number of carbonyl (C=O) groups is 3. The van der Waals surface area contributed by atoms with Crippen molar-refractivity contribution < 1.29 is 43.9 Å². The Kier molecular flexibility index (Phi) is 3.96. The molecule has 0 aromatic heterocycles. The Labute approximate surface area is 88.9 Å². The van der Waals surface area contributed by atoms with Crippen LogP contribution in [0.15, 0.2) is 0 Å². The van der Waals surface area contributed by atoms with Gasteiger partial charge in [-0.05, 0) is 0 Å². The van der Waals surface area contributed by atoms with Crippen molar-refractivity contribution in [2.45, 2.75) is 18.4 Å². The molecule has 9 nitrogen and oxygen atoms in total. The van der Waals surface area contributed by atoms with Gasteiger partial charge in [0, 0.05) is 6.42 Å². The lowest BCUT2D eigenvalue weighted by molar-refractivity contribution is -0.272. The Bertz CT molecular complexity index is 304. The molecule has 0 saturated carbocycles. The van der Waals surface area contributed by atoms with E-state index in [1.54, 1.807) is 0 Å². The number of rotatable bonds is 2. The molecule has 0 aromatic carbocycles. The van der Waals surface area contributed by atoms with Crippen molar-refractivity contribution in [3.05, 3.63) is 0 Å². The summed E-state index contributed by atoms with van der Waals surface area (Å²) in [6.45, 7) is 0. The molecule has 88 valence electrons. The molecule has 1 aliphatic heterocycles. The van der Waals surface area contributed by atoms with E-state index in [1.807, 2.05) is 0 Å². The SMILES string of the molecule is O=CCC1(O)CC(=O)OOB(O)OOC1=O. The molecule has 1 atom stereocenters. The lowest BCUT2D eigenvalue weighted by Gasteiger charge is -2.19.